The number of nitrogens with zero attached hydrogens (tertiary/aromatic N) is 1. The lowest BCUT2D eigenvalue weighted by Gasteiger charge is -2.03. The molecule has 0 radical (unpaired) electrons. The molecule has 1 heterocycles. The quantitative estimate of drug-likeness (QED) is 0.637. The fraction of sp³-hybridized carbons (Fsp3) is 0.167. The highest BCUT2D eigenvalue weighted by atomic mass is 127. The Hall–Kier alpha value is -0.660. The van der Waals surface area contributed by atoms with Gasteiger partial charge in [-0.05, 0) is 40.8 Å². The molecule has 0 saturated carbocycles. The summed E-state index contributed by atoms with van der Waals surface area (Å²) in [6, 6.07) is 7.67. The van der Waals surface area contributed by atoms with Crippen molar-refractivity contribution < 1.29 is 4.79 Å². The van der Waals surface area contributed by atoms with Crippen molar-refractivity contribution in [3.63, 3.8) is 0 Å². The molecule has 1 amide bonds. The molecule has 0 saturated heterocycles. The molecule has 6 heteroatoms. The number of rotatable bonds is 4. The third-order valence-electron chi connectivity index (χ3n) is 2.16. The summed E-state index contributed by atoms with van der Waals surface area (Å²) >= 11 is 9.33. The van der Waals surface area contributed by atoms with Crippen LogP contribution in [0.4, 0.5) is 5.69 Å². The average Bonchev–Trinajstić information content (AvgIpc) is 2.76. The minimum absolute atomic E-state index is 0.0625. The third-order valence-corrected chi connectivity index (χ3v) is 4.00. The number of anilines is 1. The number of amides is 1. The van der Waals surface area contributed by atoms with Crippen LogP contribution in [0.2, 0.25) is 0 Å². The number of thiazole rings is 1. The van der Waals surface area contributed by atoms with E-state index in [0.29, 0.717) is 5.88 Å². The molecule has 2 aromatic rings. The minimum atomic E-state index is -0.0625. The molecule has 1 N–H and O–H groups in total. The molecule has 2 rings (SSSR count). The van der Waals surface area contributed by atoms with Gasteiger partial charge in [-0.25, -0.2) is 4.98 Å². The Balaban J connectivity index is 1.96. The lowest BCUT2D eigenvalue weighted by molar-refractivity contribution is -0.115. The van der Waals surface area contributed by atoms with Crippen LogP contribution in [-0.2, 0) is 17.1 Å². The number of benzene rings is 1. The summed E-state index contributed by atoms with van der Waals surface area (Å²) in [6.45, 7) is 0. The number of carbonyl (C=O) groups is 1. The normalized spacial score (nSPS) is 10.3. The molecular formula is C12H10ClIN2OS. The largest absolute Gasteiger partial charge is 0.326 e. The number of halogens is 2. The van der Waals surface area contributed by atoms with Gasteiger partial charge in [0.05, 0.1) is 18.0 Å². The van der Waals surface area contributed by atoms with E-state index in [4.69, 9.17) is 11.6 Å². The van der Waals surface area contributed by atoms with Crippen LogP contribution < -0.4 is 5.32 Å². The number of aromatic nitrogens is 1. The van der Waals surface area contributed by atoms with Gasteiger partial charge in [-0.3, -0.25) is 4.79 Å². The highest BCUT2D eigenvalue weighted by Crippen LogP contribution is 2.15. The summed E-state index contributed by atoms with van der Waals surface area (Å²) in [4.78, 5) is 16.1. The second-order valence-electron chi connectivity index (χ2n) is 3.60. The van der Waals surface area contributed by atoms with Crippen molar-refractivity contribution in [3.8, 4) is 0 Å². The predicted octanol–water partition coefficient (Wildman–Crippen LogP) is 3.67. The fourth-order valence-corrected chi connectivity index (χ4v) is 2.96. The summed E-state index contributed by atoms with van der Waals surface area (Å²) in [6.07, 6.45) is 0.285. The molecule has 0 spiro atoms. The summed E-state index contributed by atoms with van der Waals surface area (Å²) in [5.74, 6) is 0.321. The van der Waals surface area contributed by atoms with Gasteiger partial charge in [0.15, 0.2) is 0 Å². The van der Waals surface area contributed by atoms with E-state index >= 15 is 0 Å². The van der Waals surface area contributed by atoms with Crippen molar-refractivity contribution in [2.45, 2.75) is 12.3 Å². The molecule has 0 aliphatic carbocycles. The number of hydrogen-bond donors (Lipinski definition) is 1. The molecule has 0 aliphatic heterocycles. The van der Waals surface area contributed by atoms with Crippen LogP contribution in [-0.4, -0.2) is 10.9 Å². The Morgan fingerprint density at radius 3 is 3.00 bits per heavy atom. The van der Waals surface area contributed by atoms with Crippen LogP contribution in [0.15, 0.2) is 29.6 Å². The number of nitrogens with one attached hydrogen (secondary N) is 1. The van der Waals surface area contributed by atoms with E-state index in [0.717, 1.165) is 20.0 Å². The first-order valence-corrected chi connectivity index (χ1v) is 7.71. The zero-order chi connectivity index (χ0) is 13.0. The van der Waals surface area contributed by atoms with E-state index in [1.807, 2.05) is 29.6 Å². The van der Waals surface area contributed by atoms with Crippen molar-refractivity contribution in [2.75, 3.05) is 5.32 Å². The van der Waals surface area contributed by atoms with Gasteiger partial charge < -0.3 is 5.32 Å². The maximum Gasteiger partial charge on any atom is 0.231 e. The summed E-state index contributed by atoms with van der Waals surface area (Å²) in [7, 11) is 0. The average molecular weight is 393 g/mol. The van der Waals surface area contributed by atoms with Crippen LogP contribution in [0, 0.1) is 3.57 Å². The molecule has 0 bridgehead atoms. The Morgan fingerprint density at radius 1 is 1.50 bits per heavy atom. The van der Waals surface area contributed by atoms with Gasteiger partial charge >= 0.3 is 0 Å². The number of hydrogen-bond acceptors (Lipinski definition) is 3. The van der Waals surface area contributed by atoms with E-state index in [1.54, 1.807) is 0 Å². The van der Waals surface area contributed by atoms with Gasteiger partial charge in [0.1, 0.15) is 5.01 Å². The predicted molar refractivity (Wildman–Crippen MR) is 83.2 cm³/mol. The molecule has 1 aromatic heterocycles. The smallest absolute Gasteiger partial charge is 0.231 e. The topological polar surface area (TPSA) is 42.0 Å². The Kier molecular flexibility index (Phi) is 4.96. The second-order valence-corrected chi connectivity index (χ2v) is 6.06. The van der Waals surface area contributed by atoms with Crippen LogP contribution in [0.1, 0.15) is 10.7 Å². The molecule has 0 atom stereocenters. The van der Waals surface area contributed by atoms with Gasteiger partial charge in [0, 0.05) is 14.6 Å². The van der Waals surface area contributed by atoms with Crippen LogP contribution in [0.5, 0.6) is 0 Å². The van der Waals surface area contributed by atoms with E-state index in [-0.39, 0.29) is 12.3 Å². The lowest BCUT2D eigenvalue weighted by atomic mass is 10.3. The molecule has 0 unspecified atom stereocenters. The van der Waals surface area contributed by atoms with Gasteiger partial charge in [-0.1, -0.05) is 6.07 Å². The fourth-order valence-electron chi connectivity index (χ4n) is 1.40. The molecular weight excluding hydrogens is 383 g/mol. The summed E-state index contributed by atoms with van der Waals surface area (Å²) in [5, 5.41) is 5.51. The van der Waals surface area contributed by atoms with E-state index < -0.39 is 0 Å². The first-order chi connectivity index (χ1) is 8.67. The second kappa shape index (κ2) is 6.49. The third kappa shape index (κ3) is 3.93. The SMILES string of the molecule is O=C(Cc1nc(CCl)cs1)Nc1cccc(I)c1. The minimum Gasteiger partial charge on any atom is -0.326 e. The monoisotopic (exact) mass is 392 g/mol. The molecule has 3 nitrogen and oxygen atoms in total. The van der Waals surface area contributed by atoms with Gasteiger partial charge in [-0.15, -0.1) is 22.9 Å². The van der Waals surface area contributed by atoms with Crippen LogP contribution >= 0.6 is 45.5 Å². The first-order valence-electron chi connectivity index (χ1n) is 5.22. The maximum absolute atomic E-state index is 11.8. The Morgan fingerprint density at radius 2 is 2.33 bits per heavy atom. The van der Waals surface area contributed by atoms with Crippen molar-refractivity contribution in [1.82, 2.24) is 4.98 Å². The number of carbonyl (C=O) groups excluding carboxylic acids is 1. The van der Waals surface area contributed by atoms with Gasteiger partial charge in [0.2, 0.25) is 5.91 Å². The standard InChI is InChI=1S/C12H10ClIN2OS/c13-6-10-7-18-12(16-10)5-11(17)15-9-3-1-2-8(14)4-9/h1-4,7H,5-6H2,(H,15,17). The lowest BCUT2D eigenvalue weighted by Crippen LogP contribution is -2.14. The maximum atomic E-state index is 11.8. The van der Waals surface area contributed by atoms with Gasteiger partial charge in [-0.2, -0.15) is 0 Å². The summed E-state index contributed by atoms with van der Waals surface area (Å²) in [5.41, 5.74) is 1.62. The zero-order valence-electron chi connectivity index (χ0n) is 9.32. The Labute approximate surface area is 128 Å². The van der Waals surface area contributed by atoms with Gasteiger partial charge in [0.25, 0.3) is 0 Å². The van der Waals surface area contributed by atoms with Crippen molar-refractivity contribution >= 4 is 57.1 Å². The highest BCUT2D eigenvalue weighted by Gasteiger charge is 2.08. The van der Waals surface area contributed by atoms with E-state index in [1.165, 1.54) is 11.3 Å². The number of alkyl halides is 1. The molecule has 0 aliphatic rings. The van der Waals surface area contributed by atoms with Crippen molar-refractivity contribution in [1.29, 1.82) is 0 Å². The summed E-state index contributed by atoms with van der Waals surface area (Å²) < 4.78 is 1.09. The van der Waals surface area contributed by atoms with Crippen molar-refractivity contribution in [2.24, 2.45) is 0 Å². The zero-order valence-corrected chi connectivity index (χ0v) is 13.1. The molecule has 18 heavy (non-hydrogen) atoms. The Bertz CT molecular complexity index is 559. The van der Waals surface area contributed by atoms with E-state index in [2.05, 4.69) is 32.9 Å². The van der Waals surface area contributed by atoms with E-state index in [9.17, 15) is 4.79 Å². The molecule has 0 fully saturated rings. The highest BCUT2D eigenvalue weighted by molar-refractivity contribution is 14.1. The van der Waals surface area contributed by atoms with Crippen LogP contribution in [0.3, 0.4) is 0 Å². The van der Waals surface area contributed by atoms with Crippen molar-refractivity contribution in [3.05, 3.63) is 43.9 Å². The first kappa shape index (κ1) is 13.8. The molecule has 1 aromatic carbocycles. The molecule has 94 valence electrons. The van der Waals surface area contributed by atoms with Crippen LogP contribution in [0.25, 0.3) is 0 Å².